The van der Waals surface area contributed by atoms with Gasteiger partial charge in [0.25, 0.3) is 0 Å². The number of hydrogen-bond acceptors (Lipinski definition) is 6. The van der Waals surface area contributed by atoms with Gasteiger partial charge in [-0.25, -0.2) is 15.0 Å². The van der Waals surface area contributed by atoms with E-state index >= 15 is 0 Å². The van der Waals surface area contributed by atoms with Gasteiger partial charge in [-0.1, -0.05) is 30.3 Å². The Hall–Kier alpha value is -2.77. The third kappa shape index (κ3) is 3.48. The van der Waals surface area contributed by atoms with Crippen molar-refractivity contribution < 1.29 is 5.11 Å². The molecule has 1 atom stereocenters. The number of aromatic nitrogens is 4. The second-order valence-electron chi connectivity index (χ2n) is 7.96. The van der Waals surface area contributed by atoms with Crippen LogP contribution >= 0.6 is 11.3 Å². The lowest BCUT2D eigenvalue weighted by Gasteiger charge is -2.35. The molecule has 0 saturated carbocycles. The highest BCUT2D eigenvalue weighted by molar-refractivity contribution is 7.21. The minimum atomic E-state index is -0.523. The summed E-state index contributed by atoms with van der Waals surface area (Å²) >= 11 is 1.72. The van der Waals surface area contributed by atoms with Gasteiger partial charge in [0.15, 0.2) is 0 Å². The third-order valence-electron chi connectivity index (χ3n) is 5.95. The molecule has 0 aliphatic carbocycles. The van der Waals surface area contributed by atoms with Crippen molar-refractivity contribution in [2.24, 2.45) is 13.0 Å². The van der Waals surface area contributed by atoms with Crippen LogP contribution in [-0.2, 0) is 7.05 Å². The van der Waals surface area contributed by atoms with Crippen molar-refractivity contribution >= 4 is 27.4 Å². The van der Waals surface area contributed by atoms with Crippen LogP contribution in [0.2, 0.25) is 0 Å². The summed E-state index contributed by atoms with van der Waals surface area (Å²) < 4.78 is 1.91. The number of imidazole rings is 1. The fourth-order valence-corrected chi connectivity index (χ4v) is 5.37. The van der Waals surface area contributed by atoms with Crippen LogP contribution in [0.25, 0.3) is 20.7 Å². The molecule has 7 heteroatoms. The lowest BCUT2D eigenvalue weighted by Crippen LogP contribution is -2.36. The lowest BCUT2D eigenvalue weighted by atomic mass is 9.90. The van der Waals surface area contributed by atoms with E-state index in [1.54, 1.807) is 17.5 Å². The van der Waals surface area contributed by atoms with Gasteiger partial charge < -0.3 is 14.6 Å². The van der Waals surface area contributed by atoms with E-state index in [4.69, 9.17) is 9.97 Å². The van der Waals surface area contributed by atoms with Gasteiger partial charge in [-0.3, -0.25) is 0 Å². The van der Waals surface area contributed by atoms with Crippen LogP contribution in [-0.4, -0.2) is 37.7 Å². The zero-order valence-corrected chi connectivity index (χ0v) is 18.0. The van der Waals surface area contributed by atoms with E-state index in [2.05, 4.69) is 40.2 Å². The second kappa shape index (κ2) is 7.81. The third-order valence-corrected chi connectivity index (χ3v) is 7.03. The van der Waals surface area contributed by atoms with Crippen molar-refractivity contribution in [3.05, 3.63) is 60.4 Å². The molecule has 3 aromatic heterocycles. The van der Waals surface area contributed by atoms with Crippen LogP contribution in [0.5, 0.6) is 0 Å². The average molecular weight is 420 g/mol. The normalized spacial score (nSPS) is 16.3. The van der Waals surface area contributed by atoms with Crippen LogP contribution in [0.3, 0.4) is 0 Å². The fraction of sp³-hybridized carbons (Fsp3) is 0.348. The van der Waals surface area contributed by atoms with Crippen LogP contribution in [0.1, 0.15) is 30.6 Å². The summed E-state index contributed by atoms with van der Waals surface area (Å²) in [5, 5.41) is 11.9. The van der Waals surface area contributed by atoms with Gasteiger partial charge in [0.2, 0.25) is 0 Å². The number of piperidine rings is 1. The predicted molar refractivity (Wildman–Crippen MR) is 121 cm³/mol. The first-order chi connectivity index (χ1) is 14.6. The van der Waals surface area contributed by atoms with Gasteiger partial charge in [-0.15, -0.1) is 11.3 Å². The number of aliphatic hydroxyl groups is 1. The molecule has 1 aromatic carbocycles. The maximum absolute atomic E-state index is 10.8. The summed E-state index contributed by atoms with van der Waals surface area (Å²) in [6, 6.07) is 12.7. The van der Waals surface area contributed by atoms with E-state index in [9.17, 15) is 5.11 Å². The Bertz CT molecular complexity index is 1160. The molecule has 0 bridgehead atoms. The molecule has 1 N–H and O–H groups in total. The Balaban J connectivity index is 1.40. The van der Waals surface area contributed by atoms with Crippen LogP contribution in [0, 0.1) is 12.8 Å². The largest absolute Gasteiger partial charge is 0.385 e. The Morgan fingerprint density at radius 3 is 2.60 bits per heavy atom. The number of aryl methyl sites for hydroxylation is 2. The Morgan fingerprint density at radius 1 is 1.13 bits per heavy atom. The molecule has 1 aliphatic heterocycles. The SMILES string of the molecule is Cc1nc(N2CCC(C(O)c3nccn3C)CC2)c2cc(-c3ccccc3)sc2n1. The first kappa shape index (κ1) is 19.2. The van der Waals surface area contributed by atoms with Crippen LogP contribution in [0.4, 0.5) is 5.82 Å². The maximum atomic E-state index is 10.8. The quantitative estimate of drug-likeness (QED) is 0.533. The van der Waals surface area contributed by atoms with Crippen LogP contribution in [0.15, 0.2) is 48.8 Å². The van der Waals surface area contributed by atoms with E-state index in [1.165, 1.54) is 10.4 Å². The fourth-order valence-electron chi connectivity index (χ4n) is 4.30. The maximum Gasteiger partial charge on any atom is 0.141 e. The first-order valence-corrected chi connectivity index (χ1v) is 11.2. The molecular formula is C23H25N5OS. The van der Waals surface area contributed by atoms with Crippen LogP contribution < -0.4 is 4.90 Å². The summed E-state index contributed by atoms with van der Waals surface area (Å²) in [6.07, 6.45) is 4.93. The van der Waals surface area contributed by atoms with Crippen molar-refractivity contribution in [1.82, 2.24) is 19.5 Å². The number of hydrogen-bond donors (Lipinski definition) is 1. The molecule has 6 nitrogen and oxygen atoms in total. The molecule has 0 amide bonds. The highest BCUT2D eigenvalue weighted by Crippen LogP contribution is 2.38. The topological polar surface area (TPSA) is 67.1 Å². The number of fused-ring (bicyclic) bond motifs is 1. The summed E-state index contributed by atoms with van der Waals surface area (Å²) in [5.74, 6) is 2.78. The molecule has 154 valence electrons. The summed E-state index contributed by atoms with van der Waals surface area (Å²) in [5.41, 5.74) is 1.21. The first-order valence-electron chi connectivity index (χ1n) is 10.3. The van der Waals surface area contributed by atoms with E-state index in [-0.39, 0.29) is 5.92 Å². The number of benzene rings is 1. The molecule has 4 aromatic rings. The highest BCUT2D eigenvalue weighted by atomic mass is 32.1. The van der Waals surface area contributed by atoms with Crippen molar-refractivity contribution in [1.29, 1.82) is 0 Å². The summed E-state index contributed by atoms with van der Waals surface area (Å²) in [6.45, 7) is 3.70. The van der Waals surface area contributed by atoms with Gasteiger partial charge in [0.1, 0.15) is 28.4 Å². The Kier molecular flexibility index (Phi) is 5.00. The van der Waals surface area contributed by atoms with E-state index in [1.807, 2.05) is 30.8 Å². The number of anilines is 1. The van der Waals surface area contributed by atoms with Crippen molar-refractivity contribution in [2.75, 3.05) is 18.0 Å². The van der Waals surface area contributed by atoms with Gasteiger partial charge in [0.05, 0.1) is 5.39 Å². The summed E-state index contributed by atoms with van der Waals surface area (Å²) in [7, 11) is 1.93. The molecule has 1 fully saturated rings. The van der Waals surface area contributed by atoms with Gasteiger partial charge >= 0.3 is 0 Å². The molecule has 1 saturated heterocycles. The van der Waals surface area contributed by atoms with Crippen molar-refractivity contribution in [3.8, 4) is 10.4 Å². The second-order valence-corrected chi connectivity index (χ2v) is 8.99. The Labute approximate surface area is 179 Å². The minimum Gasteiger partial charge on any atom is -0.385 e. The monoisotopic (exact) mass is 419 g/mol. The molecule has 0 radical (unpaired) electrons. The highest BCUT2D eigenvalue weighted by Gasteiger charge is 2.30. The zero-order chi connectivity index (χ0) is 20.7. The number of rotatable bonds is 4. The average Bonchev–Trinajstić information content (AvgIpc) is 3.39. The van der Waals surface area contributed by atoms with E-state index < -0.39 is 6.10 Å². The van der Waals surface area contributed by atoms with Crippen molar-refractivity contribution in [2.45, 2.75) is 25.9 Å². The van der Waals surface area contributed by atoms with E-state index in [0.717, 1.165) is 53.6 Å². The Morgan fingerprint density at radius 2 is 1.90 bits per heavy atom. The molecule has 1 aliphatic rings. The molecule has 5 rings (SSSR count). The molecular weight excluding hydrogens is 394 g/mol. The summed E-state index contributed by atoms with van der Waals surface area (Å²) in [4.78, 5) is 18.4. The van der Waals surface area contributed by atoms with E-state index in [0.29, 0.717) is 0 Å². The number of aliphatic hydroxyl groups excluding tert-OH is 1. The molecule has 30 heavy (non-hydrogen) atoms. The number of nitrogens with zero attached hydrogens (tertiary/aromatic N) is 5. The molecule has 0 spiro atoms. The zero-order valence-electron chi connectivity index (χ0n) is 17.2. The molecule has 1 unspecified atom stereocenters. The van der Waals surface area contributed by atoms with Gasteiger partial charge in [-0.05, 0) is 37.3 Å². The predicted octanol–water partition coefficient (Wildman–Crippen LogP) is 4.35. The standard InChI is InChI=1S/C23H25N5OS/c1-15-25-21(18-14-19(30-23(18)26-15)16-6-4-3-5-7-16)28-11-8-17(9-12-28)20(29)22-24-10-13-27(22)2/h3-7,10,13-14,17,20,29H,8-9,11-12H2,1-2H3. The minimum absolute atomic E-state index is 0.211. The van der Waals surface area contributed by atoms with Gasteiger partial charge in [-0.2, -0.15) is 0 Å². The molecule has 4 heterocycles. The lowest BCUT2D eigenvalue weighted by molar-refractivity contribution is 0.0824. The van der Waals surface area contributed by atoms with Gasteiger partial charge in [0, 0.05) is 37.4 Å². The van der Waals surface area contributed by atoms with Crippen molar-refractivity contribution in [3.63, 3.8) is 0 Å². The number of thiophene rings is 1. The smallest absolute Gasteiger partial charge is 0.141 e.